The predicted octanol–water partition coefficient (Wildman–Crippen LogP) is 7.34. The molecule has 3 aromatic rings. The van der Waals surface area contributed by atoms with E-state index in [9.17, 15) is 9.90 Å². The van der Waals surface area contributed by atoms with Crippen molar-refractivity contribution in [1.29, 1.82) is 0 Å². The maximum Gasteiger partial charge on any atom is 0.307 e. The number of aliphatic carboxylic acids is 1. The lowest BCUT2D eigenvalue weighted by molar-refractivity contribution is -0.136. The predicted molar refractivity (Wildman–Crippen MR) is 189 cm³/mol. The third kappa shape index (κ3) is 7.22. The number of hydrogen-bond donors (Lipinski definition) is 2. The second-order valence-electron chi connectivity index (χ2n) is 14.7. The van der Waals surface area contributed by atoms with Gasteiger partial charge >= 0.3 is 5.97 Å². The van der Waals surface area contributed by atoms with Crippen molar-refractivity contribution in [1.82, 2.24) is 14.8 Å². The SMILES string of the molecule is Cc1cccc(Cl)c1CN1CCc2cc(-c3c(NC4CCN(C)CC4)nc(C)c(CC(=O)O)c3N3CCC(C)(C)CC3)ccc2C1. The molecule has 0 radical (unpaired) electrons. The summed E-state index contributed by atoms with van der Waals surface area (Å²) in [5, 5.41) is 14.8. The monoisotopic (exact) mass is 643 g/mol. The first kappa shape index (κ1) is 32.8. The first-order valence-electron chi connectivity index (χ1n) is 17.0. The molecule has 8 heteroatoms. The van der Waals surface area contributed by atoms with Crippen LogP contribution in [0.4, 0.5) is 11.5 Å². The fourth-order valence-corrected chi connectivity index (χ4v) is 7.77. The zero-order chi connectivity index (χ0) is 32.6. The fourth-order valence-electron chi connectivity index (χ4n) is 7.49. The number of nitrogens with one attached hydrogen (secondary N) is 1. The fraction of sp³-hybridized carbons (Fsp3) is 0.526. The quantitative estimate of drug-likeness (QED) is 0.266. The van der Waals surface area contributed by atoms with E-state index in [1.807, 2.05) is 19.1 Å². The number of aromatic nitrogens is 1. The van der Waals surface area contributed by atoms with E-state index in [0.717, 1.165) is 117 Å². The first-order chi connectivity index (χ1) is 22.0. The van der Waals surface area contributed by atoms with Crippen LogP contribution in [0, 0.1) is 19.3 Å². The third-order valence-electron chi connectivity index (χ3n) is 10.6. The van der Waals surface area contributed by atoms with Crippen molar-refractivity contribution >= 4 is 29.1 Å². The second kappa shape index (κ2) is 13.5. The van der Waals surface area contributed by atoms with Crippen molar-refractivity contribution in [2.75, 3.05) is 50.0 Å². The third-order valence-corrected chi connectivity index (χ3v) is 11.0. The number of benzene rings is 2. The van der Waals surface area contributed by atoms with E-state index in [4.69, 9.17) is 16.6 Å². The van der Waals surface area contributed by atoms with Gasteiger partial charge < -0.3 is 20.2 Å². The number of halogens is 1. The van der Waals surface area contributed by atoms with E-state index < -0.39 is 5.97 Å². The summed E-state index contributed by atoms with van der Waals surface area (Å²) in [6.07, 6.45) is 5.19. The number of carboxylic acids is 1. The molecule has 0 amide bonds. The van der Waals surface area contributed by atoms with E-state index >= 15 is 0 Å². The van der Waals surface area contributed by atoms with Gasteiger partial charge in [-0.05, 0) is 105 Å². The molecule has 7 nitrogen and oxygen atoms in total. The summed E-state index contributed by atoms with van der Waals surface area (Å²) in [6, 6.07) is 13.4. The Hall–Kier alpha value is -3.13. The molecule has 0 unspecified atom stereocenters. The first-order valence-corrected chi connectivity index (χ1v) is 17.4. The second-order valence-corrected chi connectivity index (χ2v) is 15.1. The van der Waals surface area contributed by atoms with Crippen LogP contribution < -0.4 is 10.2 Å². The van der Waals surface area contributed by atoms with Crippen LogP contribution in [0.25, 0.3) is 11.1 Å². The molecule has 2 saturated heterocycles. The lowest BCUT2D eigenvalue weighted by atomic mass is 9.82. The molecule has 1 aromatic heterocycles. The summed E-state index contributed by atoms with van der Waals surface area (Å²) in [5.74, 6) is 0.0809. The topological polar surface area (TPSA) is 71.9 Å². The van der Waals surface area contributed by atoms with Crippen LogP contribution >= 0.6 is 11.6 Å². The Bertz CT molecular complexity index is 1570. The number of nitrogens with zero attached hydrogens (tertiary/aromatic N) is 4. The van der Waals surface area contributed by atoms with Crippen LogP contribution in [-0.2, 0) is 30.7 Å². The Kier molecular flexibility index (Phi) is 9.65. The smallest absolute Gasteiger partial charge is 0.307 e. The Morgan fingerprint density at radius 2 is 1.76 bits per heavy atom. The van der Waals surface area contributed by atoms with Crippen LogP contribution in [0.5, 0.6) is 0 Å². The van der Waals surface area contributed by atoms with E-state index in [-0.39, 0.29) is 11.8 Å². The van der Waals surface area contributed by atoms with Gasteiger partial charge in [0, 0.05) is 60.6 Å². The van der Waals surface area contributed by atoms with Gasteiger partial charge in [-0.25, -0.2) is 4.98 Å². The standard InChI is InChI=1S/C38H50ClN5O2/c1-25-7-6-8-33(39)32(25)24-43-18-11-27-21-28(9-10-29(27)23-43)35-36(44-19-14-38(3,4)15-20-44)31(22-34(45)46)26(2)40-37(35)41-30-12-16-42(5)17-13-30/h6-10,21,30H,11-20,22-24H2,1-5H3,(H,40,41)(H,45,46). The largest absolute Gasteiger partial charge is 0.481 e. The van der Waals surface area contributed by atoms with Gasteiger partial charge in [-0.15, -0.1) is 0 Å². The van der Waals surface area contributed by atoms with E-state index in [1.54, 1.807) is 0 Å². The average Bonchev–Trinajstić information content (AvgIpc) is 3.01. The molecule has 0 saturated carbocycles. The molecule has 46 heavy (non-hydrogen) atoms. The molecule has 0 bridgehead atoms. The number of hydrogen-bond acceptors (Lipinski definition) is 6. The number of aryl methyl sites for hydroxylation is 2. The van der Waals surface area contributed by atoms with Crippen LogP contribution in [0.15, 0.2) is 36.4 Å². The number of anilines is 2. The summed E-state index contributed by atoms with van der Waals surface area (Å²) < 4.78 is 0. The number of carbonyl (C=O) groups is 1. The molecule has 0 atom stereocenters. The van der Waals surface area contributed by atoms with Gasteiger partial charge in [-0.3, -0.25) is 9.69 Å². The highest BCUT2D eigenvalue weighted by molar-refractivity contribution is 6.31. The lowest BCUT2D eigenvalue weighted by Gasteiger charge is -2.40. The zero-order valence-corrected chi connectivity index (χ0v) is 29.0. The highest BCUT2D eigenvalue weighted by Crippen LogP contribution is 2.44. The highest BCUT2D eigenvalue weighted by atomic mass is 35.5. The maximum absolute atomic E-state index is 12.3. The molecule has 2 fully saturated rings. The molecule has 4 heterocycles. The van der Waals surface area contributed by atoms with Crippen molar-refractivity contribution in [3.05, 3.63) is 74.9 Å². The van der Waals surface area contributed by atoms with E-state index in [1.165, 1.54) is 22.3 Å². The number of pyridine rings is 1. The number of carboxylic acid groups (broad SMARTS) is 1. The summed E-state index contributed by atoms with van der Waals surface area (Å²) >= 11 is 6.60. The molecule has 2 N–H and O–H groups in total. The van der Waals surface area contributed by atoms with Crippen LogP contribution in [0.3, 0.4) is 0 Å². The van der Waals surface area contributed by atoms with Gasteiger partial charge in [0.15, 0.2) is 0 Å². The molecular weight excluding hydrogens is 594 g/mol. The summed E-state index contributed by atoms with van der Waals surface area (Å²) in [6.45, 7) is 15.4. The Morgan fingerprint density at radius 3 is 2.46 bits per heavy atom. The van der Waals surface area contributed by atoms with Crippen LogP contribution in [-0.4, -0.2) is 71.7 Å². The van der Waals surface area contributed by atoms with Crippen molar-refractivity contribution in [2.45, 2.75) is 85.4 Å². The van der Waals surface area contributed by atoms with Gasteiger partial charge in [0.2, 0.25) is 0 Å². The molecule has 0 aliphatic carbocycles. The average molecular weight is 644 g/mol. The summed E-state index contributed by atoms with van der Waals surface area (Å²) in [7, 11) is 2.19. The summed E-state index contributed by atoms with van der Waals surface area (Å²) in [4.78, 5) is 24.7. The van der Waals surface area contributed by atoms with Gasteiger partial charge in [0.25, 0.3) is 0 Å². The molecular formula is C38H50ClN5O2. The molecule has 2 aromatic carbocycles. The van der Waals surface area contributed by atoms with Gasteiger partial charge in [-0.1, -0.05) is 55.8 Å². The minimum atomic E-state index is -0.815. The molecule has 0 spiro atoms. The molecule has 3 aliphatic rings. The van der Waals surface area contributed by atoms with Crippen molar-refractivity contribution < 1.29 is 9.90 Å². The summed E-state index contributed by atoms with van der Waals surface area (Å²) in [5.41, 5.74) is 10.3. The number of piperidine rings is 2. The minimum Gasteiger partial charge on any atom is -0.481 e. The van der Waals surface area contributed by atoms with E-state index in [2.05, 4.69) is 72.1 Å². The number of rotatable bonds is 8. The van der Waals surface area contributed by atoms with Crippen LogP contribution in [0.1, 0.15) is 73.0 Å². The lowest BCUT2D eigenvalue weighted by Crippen LogP contribution is -2.39. The Labute approximate surface area is 279 Å². The van der Waals surface area contributed by atoms with Gasteiger partial charge in [0.05, 0.1) is 12.1 Å². The number of fused-ring (bicyclic) bond motifs is 1. The minimum absolute atomic E-state index is 0.0308. The molecule has 6 rings (SSSR count). The maximum atomic E-state index is 12.3. The van der Waals surface area contributed by atoms with Crippen molar-refractivity contribution in [3.8, 4) is 11.1 Å². The van der Waals surface area contributed by atoms with Gasteiger partial charge in [-0.2, -0.15) is 0 Å². The molecule has 246 valence electrons. The number of likely N-dealkylation sites (tertiary alicyclic amines) is 1. The Balaban J connectivity index is 1.40. The zero-order valence-electron chi connectivity index (χ0n) is 28.3. The van der Waals surface area contributed by atoms with E-state index in [0.29, 0.717) is 6.04 Å². The normalized spacial score (nSPS) is 19.2. The van der Waals surface area contributed by atoms with Crippen molar-refractivity contribution in [3.63, 3.8) is 0 Å². The molecule has 3 aliphatic heterocycles. The van der Waals surface area contributed by atoms with Gasteiger partial charge in [0.1, 0.15) is 5.82 Å². The Morgan fingerprint density at radius 1 is 1.02 bits per heavy atom. The highest BCUT2D eigenvalue weighted by Gasteiger charge is 2.32. The van der Waals surface area contributed by atoms with Crippen LogP contribution in [0.2, 0.25) is 5.02 Å². The van der Waals surface area contributed by atoms with Crippen molar-refractivity contribution in [2.24, 2.45) is 5.41 Å².